The number of hydrogen-bond acceptors (Lipinski definition) is 3. The molecule has 3 amide bonds. The van der Waals surface area contributed by atoms with E-state index in [-0.39, 0.29) is 18.0 Å². The van der Waals surface area contributed by atoms with Crippen LogP contribution in [0.1, 0.15) is 32.3 Å². The van der Waals surface area contributed by atoms with Crippen molar-refractivity contribution in [3.63, 3.8) is 0 Å². The van der Waals surface area contributed by atoms with Gasteiger partial charge in [-0.3, -0.25) is 4.79 Å². The third-order valence-electron chi connectivity index (χ3n) is 3.37. The van der Waals surface area contributed by atoms with Gasteiger partial charge in [-0.15, -0.1) is 0 Å². The summed E-state index contributed by atoms with van der Waals surface area (Å²) in [5.74, 6) is 0.637. The fourth-order valence-corrected chi connectivity index (χ4v) is 2.31. The number of nitrogens with one attached hydrogen (secondary N) is 3. The number of carbonyl (C=O) groups excluding carboxylic acids is 2. The Bertz CT molecular complexity index is 531. The number of ether oxygens (including phenoxy) is 1. The van der Waals surface area contributed by atoms with Crippen molar-refractivity contribution in [1.82, 2.24) is 16.0 Å². The lowest BCUT2D eigenvalue weighted by Crippen LogP contribution is -2.52. The van der Waals surface area contributed by atoms with Crippen LogP contribution in [0.2, 0.25) is 0 Å². The number of benzene rings is 1. The number of amides is 3. The van der Waals surface area contributed by atoms with Crippen molar-refractivity contribution >= 4 is 11.9 Å². The van der Waals surface area contributed by atoms with E-state index in [1.54, 1.807) is 0 Å². The van der Waals surface area contributed by atoms with E-state index in [0.717, 1.165) is 17.7 Å². The van der Waals surface area contributed by atoms with E-state index in [0.29, 0.717) is 19.5 Å². The highest BCUT2D eigenvalue weighted by atomic mass is 16.5. The predicted molar refractivity (Wildman–Crippen MR) is 83.6 cm³/mol. The Morgan fingerprint density at radius 1 is 1.41 bits per heavy atom. The minimum Gasteiger partial charge on any atom is -0.491 e. The van der Waals surface area contributed by atoms with Gasteiger partial charge < -0.3 is 20.7 Å². The zero-order valence-electron chi connectivity index (χ0n) is 13.0. The molecule has 0 saturated carbocycles. The van der Waals surface area contributed by atoms with E-state index >= 15 is 0 Å². The molecule has 0 aliphatic carbocycles. The van der Waals surface area contributed by atoms with E-state index in [4.69, 9.17) is 4.74 Å². The topological polar surface area (TPSA) is 79.5 Å². The van der Waals surface area contributed by atoms with Gasteiger partial charge in [-0.1, -0.05) is 18.2 Å². The quantitative estimate of drug-likeness (QED) is 0.772. The molecule has 6 nitrogen and oxygen atoms in total. The van der Waals surface area contributed by atoms with Crippen molar-refractivity contribution in [2.45, 2.75) is 45.4 Å². The van der Waals surface area contributed by atoms with Crippen LogP contribution in [0.3, 0.4) is 0 Å². The molecule has 1 aromatic rings. The molecule has 1 aliphatic heterocycles. The third kappa shape index (κ3) is 4.65. The van der Waals surface area contributed by atoms with Crippen molar-refractivity contribution in [1.29, 1.82) is 0 Å². The van der Waals surface area contributed by atoms with Gasteiger partial charge in [-0.05, 0) is 32.8 Å². The zero-order valence-corrected chi connectivity index (χ0v) is 13.0. The van der Waals surface area contributed by atoms with Gasteiger partial charge in [0.25, 0.3) is 0 Å². The monoisotopic (exact) mass is 305 g/mol. The minimum absolute atomic E-state index is 0.0703. The van der Waals surface area contributed by atoms with Crippen LogP contribution in [0, 0.1) is 0 Å². The molecule has 1 fully saturated rings. The fraction of sp³-hybridized carbons (Fsp3) is 0.500. The highest BCUT2D eigenvalue weighted by Crippen LogP contribution is 2.19. The number of para-hydroxylation sites is 1. The molecule has 22 heavy (non-hydrogen) atoms. The van der Waals surface area contributed by atoms with E-state index in [1.165, 1.54) is 0 Å². The van der Waals surface area contributed by atoms with Gasteiger partial charge in [-0.25, -0.2) is 4.79 Å². The minimum atomic E-state index is -0.448. The molecule has 120 valence electrons. The SMILES string of the molecule is CC(C)Oc1ccccc1CNC(=O)N[C@H]1CCCNC1=O. The summed E-state index contributed by atoms with van der Waals surface area (Å²) in [7, 11) is 0. The highest BCUT2D eigenvalue weighted by Gasteiger charge is 2.23. The molecule has 1 aliphatic rings. The molecule has 1 heterocycles. The van der Waals surface area contributed by atoms with E-state index < -0.39 is 6.04 Å². The second-order valence-electron chi connectivity index (χ2n) is 5.59. The van der Waals surface area contributed by atoms with Crippen LogP contribution in [-0.2, 0) is 11.3 Å². The number of urea groups is 1. The zero-order chi connectivity index (χ0) is 15.9. The first-order valence-corrected chi connectivity index (χ1v) is 7.63. The summed E-state index contributed by atoms with van der Waals surface area (Å²) < 4.78 is 5.71. The Morgan fingerprint density at radius 2 is 2.18 bits per heavy atom. The molecule has 1 saturated heterocycles. The van der Waals surface area contributed by atoms with Crippen molar-refractivity contribution < 1.29 is 14.3 Å². The molecule has 2 rings (SSSR count). The van der Waals surface area contributed by atoms with Gasteiger partial charge in [0.05, 0.1) is 6.10 Å². The van der Waals surface area contributed by atoms with Gasteiger partial charge in [0.2, 0.25) is 5.91 Å². The summed E-state index contributed by atoms with van der Waals surface area (Å²) in [6, 6.07) is 6.79. The van der Waals surface area contributed by atoms with Gasteiger partial charge >= 0.3 is 6.03 Å². The molecule has 1 atom stereocenters. The van der Waals surface area contributed by atoms with Crippen molar-refractivity contribution in [2.24, 2.45) is 0 Å². The van der Waals surface area contributed by atoms with Gasteiger partial charge in [0, 0.05) is 18.7 Å². The van der Waals surface area contributed by atoms with E-state index in [2.05, 4.69) is 16.0 Å². The van der Waals surface area contributed by atoms with Crippen LogP contribution < -0.4 is 20.7 Å². The van der Waals surface area contributed by atoms with Crippen molar-refractivity contribution in [3.8, 4) is 5.75 Å². The van der Waals surface area contributed by atoms with Gasteiger partial charge in [-0.2, -0.15) is 0 Å². The van der Waals surface area contributed by atoms with Crippen molar-refractivity contribution in [3.05, 3.63) is 29.8 Å². The second kappa shape index (κ2) is 7.68. The first kappa shape index (κ1) is 16.1. The normalized spacial score (nSPS) is 17.8. The standard InChI is InChI=1S/C16H23N3O3/c1-11(2)22-14-8-4-3-6-12(14)10-18-16(21)19-13-7-5-9-17-15(13)20/h3-4,6,8,11,13H,5,7,9-10H2,1-2H3,(H,17,20)(H2,18,19,21)/t13-/m0/s1. The Balaban J connectivity index is 1.87. The first-order valence-electron chi connectivity index (χ1n) is 7.63. The average molecular weight is 305 g/mol. The fourth-order valence-electron chi connectivity index (χ4n) is 2.31. The van der Waals surface area contributed by atoms with Crippen LogP contribution >= 0.6 is 0 Å². The summed E-state index contributed by atoms with van der Waals surface area (Å²) >= 11 is 0. The second-order valence-corrected chi connectivity index (χ2v) is 5.59. The van der Waals surface area contributed by atoms with Crippen LogP contribution in [0.5, 0.6) is 5.75 Å². The molecule has 1 aromatic carbocycles. The molecule has 0 bridgehead atoms. The van der Waals surface area contributed by atoms with E-state index in [9.17, 15) is 9.59 Å². The Kier molecular flexibility index (Phi) is 5.63. The van der Waals surface area contributed by atoms with E-state index in [1.807, 2.05) is 38.1 Å². The largest absolute Gasteiger partial charge is 0.491 e. The lowest BCUT2D eigenvalue weighted by atomic mass is 10.1. The molecular formula is C16H23N3O3. The van der Waals surface area contributed by atoms with Crippen LogP contribution in [0.4, 0.5) is 4.79 Å². The molecule has 0 radical (unpaired) electrons. The Morgan fingerprint density at radius 3 is 2.91 bits per heavy atom. The number of hydrogen-bond donors (Lipinski definition) is 3. The van der Waals surface area contributed by atoms with Crippen LogP contribution in [-0.4, -0.2) is 30.6 Å². The molecule has 0 aromatic heterocycles. The number of piperidine rings is 1. The lowest BCUT2D eigenvalue weighted by Gasteiger charge is -2.23. The predicted octanol–water partition coefficient (Wildman–Crippen LogP) is 1.55. The number of rotatable bonds is 5. The summed E-state index contributed by atoms with van der Waals surface area (Å²) in [6.07, 6.45) is 1.62. The maximum absolute atomic E-state index is 11.9. The summed E-state index contributed by atoms with van der Waals surface area (Å²) in [6.45, 7) is 4.94. The molecule has 0 spiro atoms. The Labute approximate surface area is 130 Å². The maximum atomic E-state index is 11.9. The smallest absolute Gasteiger partial charge is 0.315 e. The maximum Gasteiger partial charge on any atom is 0.315 e. The van der Waals surface area contributed by atoms with Gasteiger partial charge in [0.15, 0.2) is 0 Å². The summed E-state index contributed by atoms with van der Waals surface area (Å²) in [4.78, 5) is 23.5. The Hall–Kier alpha value is -2.24. The average Bonchev–Trinajstić information content (AvgIpc) is 2.48. The summed E-state index contributed by atoms with van der Waals surface area (Å²) in [5.41, 5.74) is 0.902. The van der Waals surface area contributed by atoms with Crippen LogP contribution in [0.25, 0.3) is 0 Å². The molecular weight excluding hydrogens is 282 g/mol. The number of carbonyl (C=O) groups is 2. The van der Waals surface area contributed by atoms with Crippen LogP contribution in [0.15, 0.2) is 24.3 Å². The summed E-state index contributed by atoms with van der Waals surface area (Å²) in [5, 5.41) is 8.21. The van der Waals surface area contributed by atoms with Gasteiger partial charge in [0.1, 0.15) is 11.8 Å². The third-order valence-corrected chi connectivity index (χ3v) is 3.37. The lowest BCUT2D eigenvalue weighted by molar-refractivity contribution is -0.124. The molecule has 6 heteroatoms. The molecule has 3 N–H and O–H groups in total. The highest BCUT2D eigenvalue weighted by molar-refractivity contribution is 5.87. The van der Waals surface area contributed by atoms with Crippen molar-refractivity contribution in [2.75, 3.05) is 6.54 Å². The first-order chi connectivity index (χ1) is 10.6. The molecule has 0 unspecified atom stereocenters.